The summed E-state index contributed by atoms with van der Waals surface area (Å²) in [7, 11) is 1.85. The van der Waals surface area contributed by atoms with Crippen LogP contribution in [0, 0.1) is 6.92 Å². The van der Waals surface area contributed by atoms with Crippen LogP contribution in [0.5, 0.6) is 0 Å². The summed E-state index contributed by atoms with van der Waals surface area (Å²) in [4.78, 5) is 4.44. The van der Waals surface area contributed by atoms with Crippen LogP contribution in [0.15, 0.2) is 30.3 Å². The Morgan fingerprint density at radius 1 is 1.31 bits per heavy atom. The summed E-state index contributed by atoms with van der Waals surface area (Å²) in [5, 5.41) is 13.4. The minimum Gasteiger partial charge on any atom is -0.394 e. The molecule has 0 saturated heterocycles. The molecule has 1 aromatic heterocycles. The number of nitrogens with zero attached hydrogens (tertiary/aromatic N) is 1. The average Bonchev–Trinajstić information content (AvgIpc) is 2.31. The van der Waals surface area contributed by atoms with Gasteiger partial charge in [-0.15, -0.1) is 0 Å². The van der Waals surface area contributed by atoms with Crippen LogP contribution in [-0.4, -0.2) is 23.7 Å². The van der Waals surface area contributed by atoms with E-state index in [4.69, 9.17) is 0 Å². The summed E-state index contributed by atoms with van der Waals surface area (Å²) < 4.78 is 0. The quantitative estimate of drug-likeness (QED) is 0.822. The smallest absolute Gasteiger partial charge is 0.0705 e. The van der Waals surface area contributed by atoms with Gasteiger partial charge in [0.1, 0.15) is 0 Å². The summed E-state index contributed by atoms with van der Waals surface area (Å²) >= 11 is 0. The third-order valence-corrected chi connectivity index (χ3v) is 2.79. The lowest BCUT2D eigenvalue weighted by molar-refractivity contribution is 0.251. The highest BCUT2D eigenvalue weighted by Crippen LogP contribution is 2.19. The van der Waals surface area contributed by atoms with Gasteiger partial charge in [0.05, 0.1) is 18.2 Å². The Kier molecular flexibility index (Phi) is 3.17. The standard InChI is InChI=1S/C13H16N2O/c1-9-3-4-10-7-11(13(8-16)14-2)5-6-12(10)15-9/h3-7,13-14,16H,8H2,1-2H3. The van der Waals surface area contributed by atoms with Crippen molar-refractivity contribution in [2.75, 3.05) is 13.7 Å². The first kappa shape index (κ1) is 11.0. The van der Waals surface area contributed by atoms with E-state index in [1.54, 1.807) is 0 Å². The molecule has 2 N–H and O–H groups in total. The van der Waals surface area contributed by atoms with E-state index in [0.29, 0.717) is 0 Å². The fourth-order valence-electron chi connectivity index (χ4n) is 1.83. The monoisotopic (exact) mass is 216 g/mol. The molecule has 1 unspecified atom stereocenters. The highest BCUT2D eigenvalue weighted by molar-refractivity contribution is 5.79. The van der Waals surface area contributed by atoms with E-state index in [1.165, 1.54) is 0 Å². The largest absolute Gasteiger partial charge is 0.394 e. The Balaban J connectivity index is 2.47. The van der Waals surface area contributed by atoms with Gasteiger partial charge in [0.25, 0.3) is 0 Å². The van der Waals surface area contributed by atoms with Gasteiger partial charge in [-0.05, 0) is 37.7 Å². The van der Waals surface area contributed by atoms with Gasteiger partial charge in [-0.1, -0.05) is 12.1 Å². The molecule has 0 fully saturated rings. The van der Waals surface area contributed by atoms with Gasteiger partial charge in [0.15, 0.2) is 0 Å². The molecule has 0 aliphatic carbocycles. The van der Waals surface area contributed by atoms with Crippen LogP contribution in [0.4, 0.5) is 0 Å². The van der Waals surface area contributed by atoms with Gasteiger partial charge in [-0.2, -0.15) is 0 Å². The molecule has 0 radical (unpaired) electrons. The fraction of sp³-hybridized carbons (Fsp3) is 0.308. The lowest BCUT2D eigenvalue weighted by Crippen LogP contribution is -2.19. The second-order valence-corrected chi connectivity index (χ2v) is 3.93. The Morgan fingerprint density at radius 3 is 2.81 bits per heavy atom. The third-order valence-electron chi connectivity index (χ3n) is 2.79. The van der Waals surface area contributed by atoms with E-state index in [2.05, 4.69) is 22.4 Å². The molecule has 3 nitrogen and oxygen atoms in total. The molecule has 0 aliphatic rings. The molecule has 0 saturated carbocycles. The van der Waals surface area contributed by atoms with E-state index in [-0.39, 0.29) is 12.6 Å². The lowest BCUT2D eigenvalue weighted by atomic mass is 10.0. The number of likely N-dealkylation sites (N-methyl/N-ethyl adjacent to an activating group) is 1. The van der Waals surface area contributed by atoms with Crippen LogP contribution in [0.3, 0.4) is 0 Å². The van der Waals surface area contributed by atoms with Crippen molar-refractivity contribution in [2.45, 2.75) is 13.0 Å². The molecule has 0 aliphatic heterocycles. The molecule has 16 heavy (non-hydrogen) atoms. The van der Waals surface area contributed by atoms with Crippen LogP contribution in [-0.2, 0) is 0 Å². The summed E-state index contributed by atoms with van der Waals surface area (Å²) in [6, 6.07) is 10.1. The zero-order valence-electron chi connectivity index (χ0n) is 9.57. The second-order valence-electron chi connectivity index (χ2n) is 3.93. The molecule has 0 spiro atoms. The first-order valence-electron chi connectivity index (χ1n) is 5.40. The van der Waals surface area contributed by atoms with Gasteiger partial charge in [0, 0.05) is 11.1 Å². The Morgan fingerprint density at radius 2 is 2.12 bits per heavy atom. The van der Waals surface area contributed by atoms with Crippen molar-refractivity contribution < 1.29 is 5.11 Å². The number of nitrogens with one attached hydrogen (secondary N) is 1. The minimum atomic E-state index is -0.00861. The molecule has 1 atom stereocenters. The van der Waals surface area contributed by atoms with E-state index in [1.807, 2.05) is 32.2 Å². The van der Waals surface area contributed by atoms with Crippen molar-refractivity contribution in [3.63, 3.8) is 0 Å². The van der Waals surface area contributed by atoms with Crippen LogP contribution in [0.25, 0.3) is 10.9 Å². The van der Waals surface area contributed by atoms with E-state index in [0.717, 1.165) is 22.2 Å². The maximum Gasteiger partial charge on any atom is 0.0705 e. The zero-order valence-corrected chi connectivity index (χ0v) is 9.57. The maximum absolute atomic E-state index is 9.22. The topological polar surface area (TPSA) is 45.1 Å². The fourth-order valence-corrected chi connectivity index (χ4v) is 1.83. The summed E-state index contributed by atoms with van der Waals surface area (Å²) in [6.07, 6.45) is 0. The van der Waals surface area contributed by atoms with Crippen LogP contribution in [0.1, 0.15) is 17.3 Å². The summed E-state index contributed by atoms with van der Waals surface area (Å²) in [5.74, 6) is 0. The van der Waals surface area contributed by atoms with E-state index < -0.39 is 0 Å². The zero-order chi connectivity index (χ0) is 11.5. The SMILES string of the molecule is CNC(CO)c1ccc2nc(C)ccc2c1. The number of aliphatic hydroxyl groups excluding tert-OH is 1. The Hall–Kier alpha value is -1.45. The van der Waals surface area contributed by atoms with Crippen molar-refractivity contribution in [1.82, 2.24) is 10.3 Å². The van der Waals surface area contributed by atoms with E-state index in [9.17, 15) is 5.11 Å². The molecular weight excluding hydrogens is 200 g/mol. The number of hydrogen-bond donors (Lipinski definition) is 2. The minimum absolute atomic E-state index is 0.00861. The molecule has 3 heteroatoms. The Bertz CT molecular complexity index is 492. The molecular formula is C13H16N2O. The molecule has 0 bridgehead atoms. The van der Waals surface area contributed by atoms with Gasteiger partial charge in [-0.25, -0.2) is 0 Å². The van der Waals surface area contributed by atoms with Crippen molar-refractivity contribution in [2.24, 2.45) is 0 Å². The number of aromatic nitrogens is 1. The number of benzene rings is 1. The molecule has 1 heterocycles. The number of fused-ring (bicyclic) bond motifs is 1. The number of rotatable bonds is 3. The van der Waals surface area contributed by atoms with Gasteiger partial charge >= 0.3 is 0 Å². The lowest BCUT2D eigenvalue weighted by Gasteiger charge is -2.13. The normalized spacial score (nSPS) is 12.9. The third kappa shape index (κ3) is 2.05. The molecule has 1 aromatic carbocycles. The van der Waals surface area contributed by atoms with Crippen LogP contribution < -0.4 is 5.32 Å². The number of hydrogen-bond acceptors (Lipinski definition) is 3. The van der Waals surface area contributed by atoms with Gasteiger partial charge in [0.2, 0.25) is 0 Å². The predicted molar refractivity (Wildman–Crippen MR) is 65.4 cm³/mol. The predicted octanol–water partition coefficient (Wildman–Crippen LogP) is 1.80. The Labute approximate surface area is 95.1 Å². The van der Waals surface area contributed by atoms with Crippen molar-refractivity contribution in [3.05, 3.63) is 41.6 Å². The first-order chi connectivity index (χ1) is 7.74. The van der Waals surface area contributed by atoms with Crippen molar-refractivity contribution in [3.8, 4) is 0 Å². The average molecular weight is 216 g/mol. The van der Waals surface area contributed by atoms with Gasteiger partial charge < -0.3 is 10.4 Å². The first-order valence-corrected chi connectivity index (χ1v) is 5.40. The van der Waals surface area contributed by atoms with Gasteiger partial charge in [-0.3, -0.25) is 4.98 Å². The number of aryl methyl sites for hydroxylation is 1. The maximum atomic E-state index is 9.22. The van der Waals surface area contributed by atoms with Crippen LogP contribution in [0.2, 0.25) is 0 Å². The van der Waals surface area contributed by atoms with Crippen molar-refractivity contribution in [1.29, 1.82) is 0 Å². The molecule has 2 aromatic rings. The number of aliphatic hydroxyl groups is 1. The second kappa shape index (κ2) is 4.60. The van der Waals surface area contributed by atoms with Crippen molar-refractivity contribution >= 4 is 10.9 Å². The number of pyridine rings is 1. The highest BCUT2D eigenvalue weighted by atomic mass is 16.3. The summed E-state index contributed by atoms with van der Waals surface area (Å²) in [6.45, 7) is 2.08. The van der Waals surface area contributed by atoms with Crippen LogP contribution >= 0.6 is 0 Å². The highest BCUT2D eigenvalue weighted by Gasteiger charge is 2.08. The summed E-state index contributed by atoms with van der Waals surface area (Å²) in [5.41, 5.74) is 3.10. The van der Waals surface area contributed by atoms with E-state index >= 15 is 0 Å². The molecule has 84 valence electrons. The molecule has 0 amide bonds. The molecule has 2 rings (SSSR count).